The van der Waals surface area contributed by atoms with Crippen LogP contribution < -0.4 is 0 Å². The van der Waals surface area contributed by atoms with Gasteiger partial charge in [-0.05, 0) is 42.8 Å². The Hall–Kier alpha value is -3.00. The second-order valence-corrected chi connectivity index (χ2v) is 7.34. The molecule has 0 fully saturated rings. The summed E-state index contributed by atoms with van der Waals surface area (Å²) < 4.78 is 25.0. The first-order valence-electron chi connectivity index (χ1n) is 7.17. The number of aliphatic carboxylic acids is 1. The van der Waals surface area contributed by atoms with Crippen LogP contribution in [0.1, 0.15) is 18.1 Å². The maximum absolute atomic E-state index is 12.5. The Labute approximate surface area is 144 Å². The van der Waals surface area contributed by atoms with E-state index in [1.807, 2.05) is 0 Å². The van der Waals surface area contributed by atoms with Crippen LogP contribution in [0.5, 0.6) is 0 Å². The number of nitrogens with zero attached hydrogens (tertiary/aromatic N) is 1. The minimum Gasteiger partial charge on any atom is -0.478 e. The van der Waals surface area contributed by atoms with E-state index in [1.165, 1.54) is 43.3 Å². The second-order valence-electron chi connectivity index (χ2n) is 5.35. The summed E-state index contributed by atoms with van der Waals surface area (Å²) in [6.45, 7) is 1.38. The van der Waals surface area contributed by atoms with E-state index in [0.717, 1.165) is 0 Å². The van der Waals surface area contributed by atoms with E-state index in [4.69, 9.17) is 5.11 Å². The van der Waals surface area contributed by atoms with Gasteiger partial charge < -0.3 is 5.11 Å². The second kappa shape index (κ2) is 7.27. The molecule has 0 unspecified atom stereocenters. The van der Waals surface area contributed by atoms with Gasteiger partial charge in [-0.3, -0.25) is 10.1 Å². The first-order chi connectivity index (χ1) is 11.7. The molecule has 8 heteroatoms. The molecule has 0 aliphatic heterocycles. The molecule has 0 atom stereocenters. The topological polar surface area (TPSA) is 115 Å². The highest BCUT2D eigenvalue weighted by molar-refractivity contribution is 7.90. The summed E-state index contributed by atoms with van der Waals surface area (Å²) in [6, 6.07) is 11.5. The lowest BCUT2D eigenvalue weighted by Gasteiger charge is -2.07. The van der Waals surface area contributed by atoms with Crippen molar-refractivity contribution in [2.24, 2.45) is 0 Å². The van der Waals surface area contributed by atoms with Gasteiger partial charge >= 0.3 is 5.97 Å². The summed E-state index contributed by atoms with van der Waals surface area (Å²) in [6.07, 6.45) is 1.32. The Bertz CT molecular complexity index is 948. The number of benzene rings is 2. The summed E-state index contributed by atoms with van der Waals surface area (Å²) in [5.74, 6) is -1.68. The fourth-order valence-corrected chi connectivity index (χ4v) is 3.60. The molecule has 0 spiro atoms. The molecule has 2 aromatic carbocycles. The van der Waals surface area contributed by atoms with Gasteiger partial charge in [0.05, 0.1) is 15.6 Å². The van der Waals surface area contributed by atoms with Crippen LogP contribution in [0.25, 0.3) is 6.08 Å². The smallest absolute Gasteiger partial charge is 0.331 e. The number of nitro benzene ring substituents is 1. The van der Waals surface area contributed by atoms with Crippen LogP contribution in [0.4, 0.5) is 5.69 Å². The zero-order valence-electron chi connectivity index (χ0n) is 13.2. The minimum absolute atomic E-state index is 0.000733. The zero-order chi connectivity index (χ0) is 18.6. The number of nitro groups is 1. The van der Waals surface area contributed by atoms with E-state index in [1.54, 1.807) is 18.2 Å². The molecule has 0 aliphatic carbocycles. The first kappa shape index (κ1) is 18.3. The molecule has 0 heterocycles. The molecular formula is C17H15NO6S. The van der Waals surface area contributed by atoms with E-state index >= 15 is 0 Å². The Kier molecular flexibility index (Phi) is 5.33. The minimum atomic E-state index is -3.77. The Morgan fingerprint density at radius 2 is 1.84 bits per heavy atom. The molecule has 0 radical (unpaired) electrons. The highest BCUT2D eigenvalue weighted by Crippen LogP contribution is 2.26. The predicted molar refractivity (Wildman–Crippen MR) is 91.7 cm³/mol. The maximum atomic E-state index is 12.5. The van der Waals surface area contributed by atoms with Gasteiger partial charge in [0.2, 0.25) is 0 Å². The molecule has 7 nitrogen and oxygen atoms in total. The lowest BCUT2D eigenvalue weighted by molar-refractivity contribution is -0.385. The number of rotatable bonds is 6. The van der Waals surface area contributed by atoms with Crippen LogP contribution in [0.2, 0.25) is 0 Å². The lowest BCUT2D eigenvalue weighted by atomic mass is 10.1. The molecular weight excluding hydrogens is 346 g/mol. The molecule has 0 saturated carbocycles. The van der Waals surface area contributed by atoms with Crippen LogP contribution in [0, 0.1) is 10.1 Å². The van der Waals surface area contributed by atoms with E-state index in [-0.39, 0.29) is 21.7 Å². The van der Waals surface area contributed by atoms with Crippen LogP contribution in [-0.4, -0.2) is 24.4 Å². The molecule has 1 N–H and O–H groups in total. The normalized spacial score (nSPS) is 12.0. The van der Waals surface area contributed by atoms with Gasteiger partial charge in [-0.1, -0.05) is 18.2 Å². The fraction of sp³-hybridized carbons (Fsp3) is 0.118. The number of sulfone groups is 1. The Morgan fingerprint density at radius 3 is 2.40 bits per heavy atom. The molecule has 2 rings (SSSR count). The average Bonchev–Trinajstić information content (AvgIpc) is 2.55. The lowest BCUT2D eigenvalue weighted by Crippen LogP contribution is -2.07. The summed E-state index contributed by atoms with van der Waals surface area (Å²) in [4.78, 5) is 21.5. The molecule has 2 aromatic rings. The van der Waals surface area contributed by atoms with Crippen molar-refractivity contribution in [2.75, 3.05) is 0 Å². The number of carboxylic acid groups (broad SMARTS) is 1. The number of hydrogen-bond donors (Lipinski definition) is 1. The van der Waals surface area contributed by atoms with Crippen LogP contribution in [0.15, 0.2) is 59.0 Å². The summed E-state index contributed by atoms with van der Waals surface area (Å²) in [7, 11) is -3.77. The molecule has 0 saturated heterocycles. The quantitative estimate of drug-likeness (QED) is 0.480. The van der Waals surface area contributed by atoms with Crippen molar-refractivity contribution in [2.45, 2.75) is 17.6 Å². The molecule has 130 valence electrons. The number of carboxylic acids is 1. The maximum Gasteiger partial charge on any atom is 0.331 e. The monoisotopic (exact) mass is 361 g/mol. The SMILES string of the molecule is CC(=Cc1ccc([N+](=O)[O-])c(CS(=O)(=O)c2ccccc2)c1)C(=O)O. The summed E-state index contributed by atoms with van der Waals surface area (Å²) >= 11 is 0. The van der Waals surface area contributed by atoms with Crippen molar-refractivity contribution in [1.29, 1.82) is 0 Å². The highest BCUT2D eigenvalue weighted by Gasteiger charge is 2.22. The molecule has 0 aromatic heterocycles. The molecule has 0 aliphatic rings. The van der Waals surface area contributed by atoms with Gasteiger partial charge in [-0.25, -0.2) is 13.2 Å². The van der Waals surface area contributed by atoms with Gasteiger partial charge in [0.25, 0.3) is 5.69 Å². The van der Waals surface area contributed by atoms with Crippen LogP contribution in [-0.2, 0) is 20.4 Å². The van der Waals surface area contributed by atoms with Crippen molar-refractivity contribution in [3.63, 3.8) is 0 Å². The van der Waals surface area contributed by atoms with Gasteiger partial charge in [0, 0.05) is 17.2 Å². The van der Waals surface area contributed by atoms with Crippen LogP contribution in [0.3, 0.4) is 0 Å². The number of hydrogen-bond acceptors (Lipinski definition) is 5. The number of carbonyl (C=O) groups is 1. The third kappa shape index (κ3) is 4.51. The highest BCUT2D eigenvalue weighted by atomic mass is 32.2. The van der Waals surface area contributed by atoms with E-state index in [2.05, 4.69) is 0 Å². The van der Waals surface area contributed by atoms with Crippen molar-refractivity contribution >= 4 is 27.6 Å². The standard InChI is InChI=1S/C17H15NO6S/c1-12(17(19)20)9-13-7-8-16(18(21)22)14(10-13)11-25(23,24)15-5-3-2-4-6-15/h2-10H,11H2,1H3,(H,19,20). The van der Waals surface area contributed by atoms with Crippen molar-refractivity contribution in [1.82, 2.24) is 0 Å². The molecule has 0 bridgehead atoms. The van der Waals surface area contributed by atoms with Gasteiger partial charge in [0.1, 0.15) is 0 Å². The van der Waals surface area contributed by atoms with E-state index in [0.29, 0.717) is 5.56 Å². The largest absolute Gasteiger partial charge is 0.478 e. The molecule has 0 amide bonds. The van der Waals surface area contributed by atoms with Gasteiger partial charge in [-0.15, -0.1) is 0 Å². The van der Waals surface area contributed by atoms with Crippen molar-refractivity contribution < 1.29 is 23.2 Å². The zero-order valence-corrected chi connectivity index (χ0v) is 14.1. The average molecular weight is 361 g/mol. The summed E-state index contributed by atoms with van der Waals surface area (Å²) in [5, 5.41) is 20.1. The van der Waals surface area contributed by atoms with Gasteiger partial charge in [-0.2, -0.15) is 0 Å². The van der Waals surface area contributed by atoms with Crippen molar-refractivity contribution in [3.8, 4) is 0 Å². The summed E-state index contributed by atoms with van der Waals surface area (Å²) in [5.41, 5.74) is 0.0832. The Balaban J connectivity index is 2.49. The third-order valence-electron chi connectivity index (χ3n) is 3.47. The van der Waals surface area contributed by atoms with Crippen molar-refractivity contribution in [3.05, 3.63) is 75.3 Å². The van der Waals surface area contributed by atoms with E-state index < -0.39 is 26.5 Å². The van der Waals surface area contributed by atoms with Gasteiger partial charge in [0.15, 0.2) is 9.84 Å². The third-order valence-corrected chi connectivity index (χ3v) is 5.15. The predicted octanol–water partition coefficient (Wildman–Crippen LogP) is 3.06. The van der Waals surface area contributed by atoms with Crippen LogP contribution >= 0.6 is 0 Å². The Morgan fingerprint density at radius 1 is 1.20 bits per heavy atom. The fourth-order valence-electron chi connectivity index (χ4n) is 2.22. The molecule has 25 heavy (non-hydrogen) atoms. The first-order valence-corrected chi connectivity index (χ1v) is 8.82. The van der Waals surface area contributed by atoms with E-state index in [9.17, 15) is 23.3 Å².